The third kappa shape index (κ3) is 4.75. The van der Waals surface area contributed by atoms with Crippen LogP contribution in [0.2, 0.25) is 0 Å². The summed E-state index contributed by atoms with van der Waals surface area (Å²) in [5.74, 6) is -0.561. The molecule has 2 amide bonds. The summed E-state index contributed by atoms with van der Waals surface area (Å²) in [5, 5.41) is 7.71. The van der Waals surface area contributed by atoms with Crippen molar-refractivity contribution < 1.29 is 14.3 Å². The molecule has 0 N–H and O–H groups in total. The van der Waals surface area contributed by atoms with Crippen molar-refractivity contribution in [2.75, 3.05) is 25.2 Å². The molecule has 0 bridgehead atoms. The Morgan fingerprint density at radius 2 is 1.70 bits per heavy atom. The van der Waals surface area contributed by atoms with Crippen LogP contribution in [0.25, 0.3) is 16.8 Å². The maximum atomic E-state index is 14.4. The van der Waals surface area contributed by atoms with Crippen LogP contribution in [0, 0.1) is 5.92 Å². The van der Waals surface area contributed by atoms with Gasteiger partial charge in [0.1, 0.15) is 17.7 Å². The van der Waals surface area contributed by atoms with Crippen LogP contribution in [0.5, 0.6) is 5.75 Å². The van der Waals surface area contributed by atoms with Crippen molar-refractivity contribution in [3.63, 3.8) is 0 Å². The van der Waals surface area contributed by atoms with Gasteiger partial charge in [0, 0.05) is 18.7 Å². The van der Waals surface area contributed by atoms with Gasteiger partial charge in [0.05, 0.1) is 34.3 Å². The van der Waals surface area contributed by atoms with Crippen LogP contribution in [0.4, 0.5) is 5.69 Å². The van der Waals surface area contributed by atoms with Crippen LogP contribution >= 0.6 is 11.3 Å². The van der Waals surface area contributed by atoms with E-state index in [1.54, 1.807) is 29.6 Å². The molecule has 0 radical (unpaired) electrons. The molecule has 0 fully saturated rings. The monoisotopic (exact) mass is 607 g/mol. The number of ether oxygens (including phenoxy) is 1. The van der Waals surface area contributed by atoms with Gasteiger partial charge in [-0.3, -0.25) is 19.0 Å². The number of rotatable bonds is 7. The van der Waals surface area contributed by atoms with Gasteiger partial charge < -0.3 is 9.64 Å². The molecular formula is C34H33N5O4S. The van der Waals surface area contributed by atoms with Crippen LogP contribution in [-0.2, 0) is 9.59 Å². The highest BCUT2D eigenvalue weighted by molar-refractivity contribution is 7.07. The van der Waals surface area contributed by atoms with E-state index in [0.717, 1.165) is 10.8 Å². The van der Waals surface area contributed by atoms with Crippen LogP contribution < -0.4 is 24.6 Å². The number of hydrazone groups is 1. The highest BCUT2D eigenvalue weighted by atomic mass is 32.1. The number of nitrogens with zero attached hydrogens (tertiary/aromatic N) is 5. The average molecular weight is 608 g/mol. The first-order valence-corrected chi connectivity index (χ1v) is 15.4. The van der Waals surface area contributed by atoms with E-state index >= 15 is 0 Å². The number of thiazole rings is 1. The van der Waals surface area contributed by atoms with Crippen molar-refractivity contribution in [3.8, 4) is 5.75 Å². The van der Waals surface area contributed by atoms with Crippen LogP contribution in [0.15, 0.2) is 92.9 Å². The first-order chi connectivity index (χ1) is 21.3. The number of anilines is 1. The smallest absolute Gasteiger partial charge is 0.270 e. The van der Waals surface area contributed by atoms with Gasteiger partial charge >= 0.3 is 0 Å². The molecule has 3 heterocycles. The summed E-state index contributed by atoms with van der Waals surface area (Å²) in [6.07, 6.45) is 1.68. The van der Waals surface area contributed by atoms with E-state index in [4.69, 9.17) is 9.73 Å². The molecule has 2 atom stereocenters. The lowest BCUT2D eigenvalue weighted by atomic mass is 9.90. The molecule has 3 aromatic carbocycles. The van der Waals surface area contributed by atoms with Gasteiger partial charge in [-0.1, -0.05) is 59.9 Å². The van der Waals surface area contributed by atoms with Gasteiger partial charge in [-0.2, -0.15) is 10.1 Å². The second-order valence-electron chi connectivity index (χ2n) is 10.7. The number of fused-ring (bicyclic) bond motifs is 2. The molecular weight excluding hydrogens is 574 g/mol. The zero-order valence-electron chi connectivity index (χ0n) is 25.3. The number of para-hydroxylation sites is 1. The predicted octanol–water partition coefficient (Wildman–Crippen LogP) is 4.26. The van der Waals surface area contributed by atoms with E-state index in [1.165, 1.54) is 16.3 Å². The van der Waals surface area contributed by atoms with E-state index < -0.39 is 12.0 Å². The minimum absolute atomic E-state index is 0.182. The fourth-order valence-electron chi connectivity index (χ4n) is 5.98. The van der Waals surface area contributed by atoms with Crippen LogP contribution in [0.3, 0.4) is 0 Å². The Kier molecular flexibility index (Phi) is 7.77. The summed E-state index contributed by atoms with van der Waals surface area (Å²) in [5.41, 5.74) is 2.60. The third-order valence-corrected chi connectivity index (χ3v) is 9.23. The molecule has 0 spiro atoms. The molecule has 0 aliphatic carbocycles. The second-order valence-corrected chi connectivity index (χ2v) is 11.7. The maximum Gasteiger partial charge on any atom is 0.270 e. The van der Waals surface area contributed by atoms with Gasteiger partial charge in [-0.25, -0.2) is 4.99 Å². The Hall–Kier alpha value is -4.83. The fourth-order valence-corrected chi connectivity index (χ4v) is 7.03. The normalized spacial score (nSPS) is 18.4. The maximum absolute atomic E-state index is 14.4. The summed E-state index contributed by atoms with van der Waals surface area (Å²) in [6.45, 7) is 8.48. The van der Waals surface area contributed by atoms with E-state index in [2.05, 4.69) is 5.10 Å². The lowest BCUT2D eigenvalue weighted by Gasteiger charge is -2.30. The molecule has 0 unspecified atom stereocenters. The minimum Gasteiger partial charge on any atom is -0.496 e. The van der Waals surface area contributed by atoms with E-state index in [-0.39, 0.29) is 17.4 Å². The number of hydrogen-bond acceptors (Lipinski definition) is 7. The highest BCUT2D eigenvalue weighted by Gasteiger charge is 2.38. The lowest BCUT2D eigenvalue weighted by Crippen LogP contribution is -2.43. The summed E-state index contributed by atoms with van der Waals surface area (Å²) in [7, 11) is 1.59. The Balaban J connectivity index is 1.57. The number of carbonyl (C=O) groups is 2. The van der Waals surface area contributed by atoms with Gasteiger partial charge in [-0.05, 0) is 62.7 Å². The summed E-state index contributed by atoms with van der Waals surface area (Å²) >= 11 is 1.21. The number of benzene rings is 3. The van der Waals surface area contributed by atoms with Crippen molar-refractivity contribution in [2.45, 2.75) is 33.7 Å². The Morgan fingerprint density at radius 1 is 1.00 bits per heavy atom. The molecule has 0 saturated carbocycles. The average Bonchev–Trinajstić information content (AvgIpc) is 3.50. The number of aromatic nitrogens is 1. The van der Waals surface area contributed by atoms with E-state index in [1.807, 2.05) is 87.5 Å². The van der Waals surface area contributed by atoms with Crippen molar-refractivity contribution in [3.05, 3.63) is 103 Å². The molecule has 44 heavy (non-hydrogen) atoms. The van der Waals surface area contributed by atoms with E-state index in [9.17, 15) is 14.4 Å². The molecule has 0 saturated heterocycles. The summed E-state index contributed by atoms with van der Waals surface area (Å²) < 4.78 is 7.82. The fraction of sp³-hybridized carbons (Fsp3) is 0.265. The van der Waals surface area contributed by atoms with Gasteiger partial charge in [-0.15, -0.1) is 0 Å². The van der Waals surface area contributed by atoms with Gasteiger partial charge in [0.2, 0.25) is 0 Å². The van der Waals surface area contributed by atoms with Crippen LogP contribution in [0.1, 0.15) is 39.3 Å². The van der Waals surface area contributed by atoms with Crippen LogP contribution in [-0.4, -0.2) is 47.2 Å². The SMILES string of the molecule is CCN(CC)C(=O)C1=C(C)N=c2s/c(=C\[C@@H]3C(=O)N(c4ccccc4)N=C3C)c(=O)n2[C@H]1c1c(OC)ccc2ccccc12. The summed E-state index contributed by atoms with van der Waals surface area (Å²) in [6, 6.07) is 20.1. The number of amides is 2. The van der Waals surface area contributed by atoms with Gasteiger partial charge in [0.25, 0.3) is 17.4 Å². The Morgan fingerprint density at radius 3 is 2.41 bits per heavy atom. The molecule has 9 nitrogen and oxygen atoms in total. The van der Waals surface area contributed by atoms with Crippen molar-refractivity contribution >= 4 is 51.4 Å². The standard InChI is InChI=1S/C34H33N5O4S/c1-6-37(7-2)33(42)28-21(4)35-34-38(30(28)29-24-16-12-11-13-22(24)17-18-26(29)43-5)32(41)27(44-34)19-25-20(3)36-39(31(25)40)23-14-9-8-10-15-23/h8-19,25,30H,6-7H2,1-5H3/b27-19-/t25-,30+/m0/s1. The third-order valence-electron chi connectivity index (χ3n) is 8.23. The molecule has 4 aromatic rings. The molecule has 224 valence electrons. The molecule has 6 rings (SSSR count). The molecule has 1 aromatic heterocycles. The van der Waals surface area contributed by atoms with Crippen molar-refractivity contribution in [1.82, 2.24) is 9.47 Å². The first kappa shape index (κ1) is 29.3. The van der Waals surface area contributed by atoms with E-state index in [0.29, 0.717) is 56.4 Å². The highest BCUT2D eigenvalue weighted by Crippen LogP contribution is 2.40. The Labute approximate surface area is 258 Å². The Bertz CT molecular complexity index is 2040. The number of carbonyl (C=O) groups excluding carboxylic acids is 2. The molecule has 10 heteroatoms. The minimum atomic E-state index is -0.794. The second kappa shape index (κ2) is 11.7. The largest absolute Gasteiger partial charge is 0.496 e. The first-order valence-electron chi connectivity index (χ1n) is 14.6. The summed E-state index contributed by atoms with van der Waals surface area (Å²) in [4.78, 5) is 49.0. The van der Waals surface area contributed by atoms with Crippen molar-refractivity contribution in [2.24, 2.45) is 16.0 Å². The quantitative estimate of drug-likeness (QED) is 0.314. The number of methoxy groups -OCH3 is 1. The van der Waals surface area contributed by atoms with Gasteiger partial charge in [0.15, 0.2) is 4.80 Å². The van der Waals surface area contributed by atoms with Crippen molar-refractivity contribution in [1.29, 1.82) is 0 Å². The predicted molar refractivity (Wildman–Crippen MR) is 174 cm³/mol. The zero-order chi connectivity index (χ0) is 31.1. The lowest BCUT2D eigenvalue weighted by molar-refractivity contribution is -0.127. The zero-order valence-corrected chi connectivity index (χ0v) is 26.1. The number of hydrogen-bond donors (Lipinski definition) is 0. The topological polar surface area (TPSA) is 96.6 Å². The number of likely N-dealkylation sites (N-methyl/N-ethyl adjacent to an activating group) is 1. The molecule has 2 aliphatic heterocycles. The number of allylic oxidation sites excluding steroid dienone is 1. The molecule has 2 aliphatic rings.